The summed E-state index contributed by atoms with van der Waals surface area (Å²) in [5, 5.41) is 7.57. The minimum absolute atomic E-state index is 0. The van der Waals surface area contributed by atoms with Crippen LogP contribution in [0.1, 0.15) is 6.92 Å². The molecular weight excluding hydrogens is 249 g/mol. The maximum absolute atomic E-state index is 7.57. The van der Waals surface area contributed by atoms with Crippen LogP contribution in [-0.4, -0.2) is 11.7 Å². The Balaban J connectivity index is -0.0000000200. The summed E-state index contributed by atoms with van der Waals surface area (Å²) in [5.41, 5.74) is 0. The van der Waals surface area contributed by atoms with Gasteiger partial charge in [0.05, 0.1) is 0 Å². The van der Waals surface area contributed by atoms with Gasteiger partial charge in [-0.1, -0.05) is 0 Å². The van der Waals surface area contributed by atoms with Crippen molar-refractivity contribution in [3.05, 3.63) is 0 Å². The van der Waals surface area contributed by atoms with Crippen molar-refractivity contribution in [2.45, 2.75) is 6.92 Å². The van der Waals surface area contributed by atoms with E-state index in [0.717, 1.165) is 0 Å². The molecule has 0 saturated heterocycles. The van der Waals surface area contributed by atoms with Gasteiger partial charge in [-0.3, -0.25) is 0 Å². The van der Waals surface area contributed by atoms with Gasteiger partial charge in [0.15, 0.2) is 0 Å². The zero-order chi connectivity index (χ0) is 2.71. The van der Waals surface area contributed by atoms with Crippen molar-refractivity contribution in [1.29, 1.82) is 0 Å². The standard InChI is InChI=1S/C2H6O.ClH.Yb/c1-2-3;;/h3H,2H2,1H3;1H;. The Morgan fingerprint density at radius 3 is 1.60 bits per heavy atom. The summed E-state index contributed by atoms with van der Waals surface area (Å²) in [7, 11) is 0. The van der Waals surface area contributed by atoms with Crippen molar-refractivity contribution in [2.24, 2.45) is 0 Å². The van der Waals surface area contributed by atoms with Crippen LogP contribution in [0.15, 0.2) is 0 Å². The van der Waals surface area contributed by atoms with Gasteiger partial charge in [-0.2, -0.15) is 0 Å². The van der Waals surface area contributed by atoms with Gasteiger partial charge in [-0.25, -0.2) is 0 Å². The fraction of sp³-hybridized carbons (Fsp3) is 1.00. The molecule has 0 heterocycles. The molecule has 0 amide bonds. The smallest absolute Gasteiger partial charge is 0.0402 e. The average molecular weight is 256 g/mol. The Morgan fingerprint density at radius 2 is 1.60 bits per heavy atom. The minimum atomic E-state index is 0. The van der Waals surface area contributed by atoms with E-state index in [-0.39, 0.29) is 65.9 Å². The van der Waals surface area contributed by atoms with E-state index >= 15 is 0 Å². The van der Waals surface area contributed by atoms with Crippen LogP contribution in [0.3, 0.4) is 0 Å². The van der Waals surface area contributed by atoms with Crippen molar-refractivity contribution in [2.75, 3.05) is 6.61 Å². The molecule has 0 aliphatic heterocycles. The van der Waals surface area contributed by atoms with Crippen molar-refractivity contribution in [3.63, 3.8) is 0 Å². The summed E-state index contributed by atoms with van der Waals surface area (Å²) < 4.78 is 0. The Labute approximate surface area is 76.8 Å². The Morgan fingerprint density at radius 1 is 1.60 bits per heavy atom. The third-order valence-electron chi connectivity index (χ3n) is 0. The third kappa shape index (κ3) is 26.2. The molecule has 0 aliphatic rings. The third-order valence-corrected chi connectivity index (χ3v) is 0. The number of halogens is 1. The second-order valence-electron chi connectivity index (χ2n) is 0.316. The fourth-order valence-electron chi connectivity index (χ4n) is 0. The van der Waals surface area contributed by atoms with Gasteiger partial charge in [0.2, 0.25) is 0 Å². The van der Waals surface area contributed by atoms with Crippen LogP contribution >= 0.6 is 12.4 Å². The van der Waals surface area contributed by atoms with Crippen molar-refractivity contribution in [3.8, 4) is 0 Å². The second-order valence-corrected chi connectivity index (χ2v) is 0.316. The van der Waals surface area contributed by atoms with E-state index in [1.54, 1.807) is 6.92 Å². The average Bonchev–Trinajstić information content (AvgIpc) is 0.918. The van der Waals surface area contributed by atoms with E-state index in [4.69, 9.17) is 5.11 Å². The molecule has 0 radical (unpaired) electrons. The molecule has 0 aromatic carbocycles. The van der Waals surface area contributed by atoms with E-state index in [2.05, 4.69) is 0 Å². The number of aliphatic hydroxyl groups excluding tert-OH is 1. The molecule has 0 aliphatic carbocycles. The van der Waals surface area contributed by atoms with Gasteiger partial charge in [-0.05, 0) is 6.92 Å². The molecule has 0 rings (SSSR count). The minimum Gasteiger partial charge on any atom is -0.397 e. The molecule has 42 valence electrons. The quantitative estimate of drug-likeness (QED) is 0.665. The molecule has 0 bridgehead atoms. The zero-order valence-electron chi connectivity index (χ0n) is 2.83. The summed E-state index contributed by atoms with van der Waals surface area (Å²) in [6.07, 6.45) is 0. The van der Waals surface area contributed by atoms with Crippen LogP contribution in [0, 0.1) is 46.9 Å². The predicted molar refractivity (Wildman–Crippen MR) is 20.0 cm³/mol. The maximum atomic E-state index is 7.57. The molecule has 1 N–H and O–H groups in total. The maximum Gasteiger partial charge on any atom is 0.0402 e. The monoisotopic (exact) mass is 256 g/mol. The van der Waals surface area contributed by atoms with Gasteiger partial charge < -0.3 is 5.11 Å². The van der Waals surface area contributed by atoms with E-state index < -0.39 is 0 Å². The van der Waals surface area contributed by atoms with Gasteiger partial charge >= 0.3 is 0 Å². The Hall–Kier alpha value is 1.77. The van der Waals surface area contributed by atoms with E-state index in [1.165, 1.54) is 0 Å². The van der Waals surface area contributed by atoms with Crippen molar-refractivity contribution in [1.82, 2.24) is 0 Å². The van der Waals surface area contributed by atoms with E-state index in [0.29, 0.717) is 0 Å². The van der Waals surface area contributed by atoms with E-state index in [9.17, 15) is 0 Å². The molecule has 0 aromatic heterocycles. The molecule has 3 heteroatoms. The molecule has 0 unspecified atom stereocenters. The summed E-state index contributed by atoms with van der Waals surface area (Å²) in [6, 6.07) is 0. The largest absolute Gasteiger partial charge is 0.397 e. The van der Waals surface area contributed by atoms with Gasteiger partial charge in [0.1, 0.15) is 0 Å². The first kappa shape index (κ1) is 15.9. The summed E-state index contributed by atoms with van der Waals surface area (Å²) in [4.78, 5) is 0. The topological polar surface area (TPSA) is 20.2 Å². The normalized spacial score (nSPS) is 3.60. The summed E-state index contributed by atoms with van der Waals surface area (Å²) in [5.74, 6) is 0. The Kier molecular flexibility index (Phi) is 54.3. The van der Waals surface area contributed by atoms with Crippen LogP contribution in [0.25, 0.3) is 0 Å². The van der Waals surface area contributed by atoms with Crippen LogP contribution in [0.2, 0.25) is 0 Å². The zero-order valence-corrected chi connectivity index (χ0v) is 5.36. The SMILES string of the molecule is CCO.Cl.[Yb]. The van der Waals surface area contributed by atoms with Crippen LogP contribution in [-0.2, 0) is 0 Å². The van der Waals surface area contributed by atoms with E-state index in [1.807, 2.05) is 0 Å². The van der Waals surface area contributed by atoms with Crippen LogP contribution < -0.4 is 0 Å². The molecule has 0 fully saturated rings. The molecule has 1 nitrogen and oxygen atoms in total. The first-order valence-electron chi connectivity index (χ1n) is 1.02. The second kappa shape index (κ2) is 17.1. The summed E-state index contributed by atoms with van der Waals surface area (Å²) >= 11 is 0. The number of hydrogen-bond donors (Lipinski definition) is 1. The van der Waals surface area contributed by atoms with Gasteiger partial charge in [0.25, 0.3) is 0 Å². The summed E-state index contributed by atoms with van der Waals surface area (Å²) in [6.45, 7) is 1.93. The molecule has 0 aromatic rings. The Bertz CT molecular complexity index is 9.61. The number of hydrogen-bond acceptors (Lipinski definition) is 1. The number of aliphatic hydroxyl groups is 1. The van der Waals surface area contributed by atoms with Crippen molar-refractivity contribution >= 4 is 12.4 Å². The first-order valence-corrected chi connectivity index (χ1v) is 1.02. The van der Waals surface area contributed by atoms with Crippen LogP contribution in [0.4, 0.5) is 0 Å². The van der Waals surface area contributed by atoms with Crippen LogP contribution in [0.5, 0.6) is 0 Å². The van der Waals surface area contributed by atoms with Gasteiger partial charge in [-0.15, -0.1) is 12.4 Å². The molecular formula is C2H7ClOYb. The fourth-order valence-corrected chi connectivity index (χ4v) is 0. The molecule has 5 heavy (non-hydrogen) atoms. The van der Waals surface area contributed by atoms with Crippen molar-refractivity contribution < 1.29 is 52.0 Å². The molecule has 0 saturated carbocycles. The molecule has 0 spiro atoms. The molecule has 0 atom stereocenters. The number of rotatable bonds is 0. The van der Waals surface area contributed by atoms with Gasteiger partial charge in [0, 0.05) is 53.5 Å². The first-order chi connectivity index (χ1) is 1.41. The predicted octanol–water partition coefficient (Wildman–Crippen LogP) is 0.420.